The molecule has 10 nitrogen and oxygen atoms in total. The summed E-state index contributed by atoms with van der Waals surface area (Å²) in [6, 6.07) is 11.2. The number of ether oxygens (including phenoxy) is 1. The zero-order chi connectivity index (χ0) is 27.3. The van der Waals surface area contributed by atoms with Gasteiger partial charge in [0.1, 0.15) is 17.2 Å². The van der Waals surface area contributed by atoms with Gasteiger partial charge in [-0.05, 0) is 74.6 Å². The number of hydrogen-bond acceptors (Lipinski definition) is 7. The van der Waals surface area contributed by atoms with E-state index in [0.29, 0.717) is 31.8 Å². The summed E-state index contributed by atoms with van der Waals surface area (Å²) in [4.78, 5) is 36.1. The molecule has 0 unspecified atom stereocenters. The van der Waals surface area contributed by atoms with Gasteiger partial charge in [0.2, 0.25) is 5.91 Å². The van der Waals surface area contributed by atoms with Crippen LogP contribution in [0.1, 0.15) is 55.6 Å². The minimum absolute atomic E-state index is 0.0302. The molecule has 3 aromatic rings. The number of carbonyl (C=O) groups excluding carboxylic acids is 2. The maximum Gasteiger partial charge on any atom is 0.319 e. The largest absolute Gasteiger partial charge is 0.465 e. The topological polar surface area (TPSA) is 149 Å². The van der Waals surface area contributed by atoms with Crippen LogP contribution in [0.15, 0.2) is 36.4 Å². The smallest absolute Gasteiger partial charge is 0.319 e. The van der Waals surface area contributed by atoms with Gasteiger partial charge in [-0.15, -0.1) is 0 Å². The molecule has 6 N–H and O–H groups in total. The van der Waals surface area contributed by atoms with Crippen LogP contribution in [-0.4, -0.2) is 58.8 Å². The van der Waals surface area contributed by atoms with Gasteiger partial charge < -0.3 is 25.7 Å². The van der Waals surface area contributed by atoms with Gasteiger partial charge in [0, 0.05) is 24.3 Å². The molecule has 38 heavy (non-hydrogen) atoms. The zero-order valence-corrected chi connectivity index (χ0v) is 22.3. The van der Waals surface area contributed by atoms with Crippen LogP contribution in [0.3, 0.4) is 0 Å². The number of amides is 1. The molecule has 0 bridgehead atoms. The molecule has 0 radical (unpaired) electrons. The molecular formula is C28H37N7O3. The van der Waals surface area contributed by atoms with Crippen LogP contribution in [0.25, 0.3) is 11.0 Å². The van der Waals surface area contributed by atoms with Crippen LogP contribution in [-0.2, 0) is 26.4 Å². The summed E-state index contributed by atoms with van der Waals surface area (Å²) in [6.45, 7) is 7.93. The second-order valence-electron chi connectivity index (χ2n) is 9.86. The van der Waals surface area contributed by atoms with E-state index in [2.05, 4.69) is 15.6 Å². The molecule has 1 aliphatic rings. The fourth-order valence-corrected chi connectivity index (χ4v) is 4.88. The van der Waals surface area contributed by atoms with Gasteiger partial charge in [-0.3, -0.25) is 20.3 Å². The van der Waals surface area contributed by atoms with Crippen molar-refractivity contribution in [2.24, 2.45) is 5.73 Å². The maximum atomic E-state index is 13.8. The first-order valence-corrected chi connectivity index (χ1v) is 13.1. The quantitative estimate of drug-likeness (QED) is 0.148. The van der Waals surface area contributed by atoms with Gasteiger partial charge in [0.15, 0.2) is 0 Å². The van der Waals surface area contributed by atoms with Gasteiger partial charge in [-0.2, -0.15) is 0 Å². The Morgan fingerprint density at radius 2 is 1.89 bits per heavy atom. The lowest BCUT2D eigenvalue weighted by Gasteiger charge is -2.35. The number of amidine groups is 1. The summed E-state index contributed by atoms with van der Waals surface area (Å²) in [7, 11) is 0. The van der Waals surface area contributed by atoms with Crippen molar-refractivity contribution in [2.45, 2.75) is 52.1 Å². The third kappa shape index (κ3) is 5.80. The molecule has 10 heteroatoms. The highest BCUT2D eigenvalue weighted by Gasteiger charge is 2.41. The Hall–Kier alpha value is -3.92. The van der Waals surface area contributed by atoms with Crippen LogP contribution < -0.4 is 16.4 Å². The highest BCUT2D eigenvalue weighted by atomic mass is 16.5. The minimum Gasteiger partial charge on any atom is -0.465 e. The van der Waals surface area contributed by atoms with Gasteiger partial charge >= 0.3 is 5.97 Å². The molecule has 0 spiro atoms. The molecule has 1 amide bonds. The molecule has 0 aliphatic carbocycles. The number of H-pyrrole nitrogens is 1. The number of fused-ring (bicyclic) bond motifs is 1. The number of imidazole rings is 1. The molecule has 2 heterocycles. The van der Waals surface area contributed by atoms with Crippen molar-refractivity contribution in [3.8, 4) is 0 Å². The standard InChI is InChI=1S/C28H37N7O3/c1-4-15-38-24(36)17-32-28(3,27(37)35-13-5-6-14-35)21-11-12-22-25(18(21)2)34-23(33-22)16-31-20-9-7-19(8-10-20)26(29)30/h7-12,31-32H,4-6,13-17H2,1-3H3,(H3,29,30)(H,33,34)/t28-/m1/s1. The number of aryl methyl sites for hydroxylation is 1. The summed E-state index contributed by atoms with van der Waals surface area (Å²) < 4.78 is 5.25. The van der Waals surface area contributed by atoms with E-state index in [4.69, 9.17) is 20.9 Å². The maximum absolute atomic E-state index is 13.8. The van der Waals surface area contributed by atoms with Crippen LogP contribution in [0.4, 0.5) is 5.69 Å². The van der Waals surface area contributed by atoms with Crippen LogP contribution in [0.5, 0.6) is 0 Å². The van der Waals surface area contributed by atoms with Crippen molar-refractivity contribution in [3.05, 3.63) is 58.9 Å². The summed E-state index contributed by atoms with van der Waals surface area (Å²) in [5, 5.41) is 14.1. The van der Waals surface area contributed by atoms with Crippen molar-refractivity contribution in [3.63, 3.8) is 0 Å². The Morgan fingerprint density at radius 1 is 1.18 bits per heavy atom. The average Bonchev–Trinajstić information content (AvgIpc) is 3.60. The lowest BCUT2D eigenvalue weighted by atomic mass is 9.86. The SMILES string of the molecule is CCCOC(=O)CN[C@@](C)(C(=O)N1CCCC1)c1ccc2[nH]c(CNc3ccc(C(=N)N)cc3)nc2c1C. The number of carbonyl (C=O) groups is 2. The Labute approximate surface area is 222 Å². The third-order valence-electron chi connectivity index (χ3n) is 7.03. The normalized spacial score (nSPS) is 14.9. The predicted octanol–water partition coefficient (Wildman–Crippen LogP) is 3.15. The number of anilines is 1. The van der Waals surface area contributed by atoms with Gasteiger partial charge in [0.25, 0.3) is 0 Å². The van der Waals surface area contributed by atoms with Crippen molar-refractivity contribution in [2.75, 3.05) is 31.6 Å². The molecule has 0 saturated carbocycles. The molecule has 1 aromatic heterocycles. The molecular weight excluding hydrogens is 482 g/mol. The third-order valence-corrected chi connectivity index (χ3v) is 7.03. The average molecular weight is 520 g/mol. The number of aromatic amines is 1. The first-order valence-electron chi connectivity index (χ1n) is 13.1. The van der Waals surface area contributed by atoms with E-state index in [0.717, 1.165) is 52.9 Å². The van der Waals surface area contributed by atoms with Crippen LogP contribution in [0, 0.1) is 12.3 Å². The van der Waals surface area contributed by atoms with Crippen LogP contribution in [0.2, 0.25) is 0 Å². The Kier molecular flexibility index (Phi) is 8.31. The van der Waals surface area contributed by atoms with Gasteiger partial charge in [-0.25, -0.2) is 4.98 Å². The Balaban J connectivity index is 1.58. The van der Waals surface area contributed by atoms with Crippen molar-refractivity contribution >= 4 is 34.4 Å². The number of nitrogen functional groups attached to an aromatic ring is 1. The Morgan fingerprint density at radius 3 is 2.55 bits per heavy atom. The van der Waals surface area contributed by atoms with E-state index < -0.39 is 5.54 Å². The monoisotopic (exact) mass is 519 g/mol. The number of hydrogen-bond donors (Lipinski definition) is 5. The van der Waals surface area contributed by atoms with Crippen molar-refractivity contribution < 1.29 is 14.3 Å². The van der Waals surface area contributed by atoms with Gasteiger partial charge in [0.05, 0.1) is 30.7 Å². The highest BCUT2D eigenvalue weighted by Crippen LogP contribution is 2.32. The molecule has 1 aliphatic heterocycles. The van der Waals surface area contributed by atoms with E-state index in [1.807, 2.05) is 49.9 Å². The number of esters is 1. The number of likely N-dealkylation sites (tertiary alicyclic amines) is 1. The molecule has 1 atom stereocenters. The second kappa shape index (κ2) is 11.6. The lowest BCUT2D eigenvalue weighted by molar-refractivity contribution is -0.144. The van der Waals surface area contributed by atoms with E-state index in [1.54, 1.807) is 12.1 Å². The number of nitrogens with two attached hydrogens (primary N) is 1. The molecule has 1 saturated heterocycles. The van der Waals surface area contributed by atoms with Gasteiger partial charge in [-0.1, -0.05) is 13.0 Å². The summed E-state index contributed by atoms with van der Waals surface area (Å²) in [6.07, 6.45) is 2.70. The number of benzene rings is 2. The van der Waals surface area contributed by atoms with E-state index in [9.17, 15) is 9.59 Å². The Bertz CT molecular complexity index is 1310. The summed E-state index contributed by atoms with van der Waals surface area (Å²) in [5.41, 5.74) is 9.29. The van der Waals surface area contributed by atoms with E-state index in [-0.39, 0.29) is 24.3 Å². The number of nitrogens with one attached hydrogen (secondary N) is 4. The van der Waals surface area contributed by atoms with Crippen LogP contribution >= 0.6 is 0 Å². The second-order valence-corrected chi connectivity index (χ2v) is 9.86. The molecule has 1 fully saturated rings. The van der Waals surface area contributed by atoms with Crippen molar-refractivity contribution in [1.29, 1.82) is 5.41 Å². The molecule has 2 aromatic carbocycles. The summed E-state index contributed by atoms with van der Waals surface area (Å²) >= 11 is 0. The summed E-state index contributed by atoms with van der Waals surface area (Å²) in [5.74, 6) is 0.352. The molecule has 4 rings (SSSR count). The number of rotatable bonds is 11. The van der Waals surface area contributed by atoms with Crippen molar-refractivity contribution in [1.82, 2.24) is 20.2 Å². The highest BCUT2D eigenvalue weighted by molar-refractivity contribution is 5.95. The fourth-order valence-electron chi connectivity index (χ4n) is 4.88. The lowest BCUT2D eigenvalue weighted by Crippen LogP contribution is -2.54. The first kappa shape index (κ1) is 27.1. The number of aromatic nitrogens is 2. The fraction of sp³-hybridized carbons (Fsp3) is 0.429. The first-order chi connectivity index (χ1) is 18.2. The zero-order valence-electron chi connectivity index (χ0n) is 22.3. The predicted molar refractivity (Wildman–Crippen MR) is 148 cm³/mol. The van der Waals surface area contributed by atoms with E-state index in [1.165, 1.54) is 0 Å². The minimum atomic E-state index is -1.11. The van der Waals surface area contributed by atoms with E-state index >= 15 is 0 Å². The molecule has 202 valence electrons. The number of nitrogens with zero attached hydrogens (tertiary/aromatic N) is 2.